The van der Waals surface area contributed by atoms with Crippen molar-refractivity contribution in [3.63, 3.8) is 0 Å². The molecule has 0 amide bonds. The van der Waals surface area contributed by atoms with Crippen LogP contribution in [0.2, 0.25) is 0 Å². The van der Waals surface area contributed by atoms with Crippen LogP contribution in [0.4, 0.5) is 0 Å². The smallest absolute Gasteiger partial charge is 0.213 e. The van der Waals surface area contributed by atoms with Gasteiger partial charge in [0.15, 0.2) is 5.82 Å². The minimum Gasteiger partial charge on any atom is -0.491 e. The summed E-state index contributed by atoms with van der Waals surface area (Å²) in [6.45, 7) is 1.32. The third kappa shape index (κ3) is 6.71. The van der Waals surface area contributed by atoms with Crippen LogP contribution in [0.15, 0.2) is 48.7 Å². The van der Waals surface area contributed by atoms with Gasteiger partial charge in [0.2, 0.25) is 5.88 Å². The maximum Gasteiger partial charge on any atom is 0.213 e. The Balaban J connectivity index is 1.92. The molecule has 32 heavy (non-hydrogen) atoms. The van der Waals surface area contributed by atoms with E-state index in [0.29, 0.717) is 30.6 Å². The summed E-state index contributed by atoms with van der Waals surface area (Å²) in [5.74, 6) is 1.78. The van der Waals surface area contributed by atoms with Crippen LogP contribution in [0.1, 0.15) is 12.1 Å². The summed E-state index contributed by atoms with van der Waals surface area (Å²) < 4.78 is 16.2. The molecule has 0 aliphatic heterocycles. The predicted molar refractivity (Wildman–Crippen MR) is 123 cm³/mol. The molecule has 0 saturated carbocycles. The molecule has 2 heterocycles. The summed E-state index contributed by atoms with van der Waals surface area (Å²) in [6, 6.07) is 13.3. The number of methoxy groups -OCH3 is 2. The van der Waals surface area contributed by atoms with Gasteiger partial charge in [-0.2, -0.15) is 0 Å². The predicted octanol–water partition coefficient (Wildman–Crippen LogP) is 2.75. The molecule has 3 aromatic rings. The summed E-state index contributed by atoms with van der Waals surface area (Å²) in [6.07, 6.45) is 2.74. The first-order valence-electron chi connectivity index (χ1n) is 10.6. The molecule has 0 fully saturated rings. The summed E-state index contributed by atoms with van der Waals surface area (Å²) in [5, 5.41) is 12.8. The molecular formula is C24H30N4O4. The molecule has 0 radical (unpaired) electrons. The Labute approximate surface area is 188 Å². The van der Waals surface area contributed by atoms with E-state index in [9.17, 15) is 5.11 Å². The number of hydrogen-bond acceptors (Lipinski definition) is 8. The highest BCUT2D eigenvalue weighted by molar-refractivity contribution is 5.65. The summed E-state index contributed by atoms with van der Waals surface area (Å²) in [7, 11) is 5.07. The first-order chi connectivity index (χ1) is 15.6. The van der Waals surface area contributed by atoms with Crippen LogP contribution >= 0.6 is 0 Å². The second-order valence-corrected chi connectivity index (χ2v) is 7.30. The fourth-order valence-corrected chi connectivity index (χ4v) is 3.19. The average Bonchev–Trinajstić information content (AvgIpc) is 2.83. The fraction of sp³-hybridized carbons (Fsp3) is 0.375. The highest BCUT2D eigenvalue weighted by atomic mass is 16.5. The number of hydrogen-bond donors (Lipinski definition) is 2. The first-order valence-corrected chi connectivity index (χ1v) is 10.6. The van der Waals surface area contributed by atoms with Crippen molar-refractivity contribution >= 4 is 0 Å². The Hall–Kier alpha value is -3.07. The fourth-order valence-electron chi connectivity index (χ4n) is 3.19. The van der Waals surface area contributed by atoms with Gasteiger partial charge in [0.25, 0.3) is 0 Å². The molecule has 2 N–H and O–H groups in total. The molecule has 0 saturated heterocycles. The molecule has 1 aromatic carbocycles. The molecule has 0 bridgehead atoms. The molecule has 8 nitrogen and oxygen atoms in total. The second kappa shape index (κ2) is 12.1. The lowest BCUT2D eigenvalue weighted by atomic mass is 10.1. The van der Waals surface area contributed by atoms with E-state index in [2.05, 4.69) is 10.3 Å². The average molecular weight is 439 g/mol. The molecular weight excluding hydrogens is 408 g/mol. The number of aliphatic hydroxyl groups is 1. The van der Waals surface area contributed by atoms with Gasteiger partial charge in [-0.3, -0.25) is 0 Å². The standard InChI is InChI=1S/C24H30N4O4/c1-25-15-20(29)16-32-21-8-4-6-18(12-21)24-27-19(7-5-11-30-2)14-22(28-24)17-9-10-26-23(13-17)31-3/h4,6,8-10,12-14,20,25,29H,5,7,11,15-16H2,1-3H3. The van der Waals surface area contributed by atoms with Gasteiger partial charge >= 0.3 is 0 Å². The molecule has 8 heteroatoms. The van der Waals surface area contributed by atoms with Crippen LogP contribution in [-0.4, -0.2) is 67.2 Å². The lowest BCUT2D eigenvalue weighted by Crippen LogP contribution is -2.29. The van der Waals surface area contributed by atoms with Crippen molar-refractivity contribution in [2.24, 2.45) is 0 Å². The number of ether oxygens (including phenoxy) is 3. The third-order valence-electron chi connectivity index (χ3n) is 4.77. The van der Waals surface area contributed by atoms with E-state index in [0.717, 1.165) is 35.4 Å². The van der Waals surface area contributed by atoms with Gasteiger partial charge in [0.05, 0.1) is 12.8 Å². The van der Waals surface area contributed by atoms with Crippen molar-refractivity contribution in [2.75, 3.05) is 41.0 Å². The quantitative estimate of drug-likeness (QED) is 0.417. The van der Waals surface area contributed by atoms with E-state index >= 15 is 0 Å². The molecule has 170 valence electrons. The molecule has 0 aliphatic rings. The largest absolute Gasteiger partial charge is 0.491 e. The second-order valence-electron chi connectivity index (χ2n) is 7.30. The van der Waals surface area contributed by atoms with Gasteiger partial charge < -0.3 is 24.6 Å². The van der Waals surface area contributed by atoms with E-state index in [1.165, 1.54) is 0 Å². The lowest BCUT2D eigenvalue weighted by molar-refractivity contribution is 0.108. The highest BCUT2D eigenvalue weighted by Crippen LogP contribution is 2.26. The molecule has 0 aliphatic carbocycles. The zero-order valence-corrected chi connectivity index (χ0v) is 18.7. The van der Waals surface area contributed by atoms with Crippen LogP contribution in [0.25, 0.3) is 22.6 Å². The summed E-state index contributed by atoms with van der Waals surface area (Å²) in [5.41, 5.74) is 3.45. The monoisotopic (exact) mass is 438 g/mol. The van der Waals surface area contributed by atoms with Crippen molar-refractivity contribution in [2.45, 2.75) is 18.9 Å². The van der Waals surface area contributed by atoms with E-state index in [4.69, 9.17) is 24.2 Å². The highest BCUT2D eigenvalue weighted by Gasteiger charge is 2.12. The van der Waals surface area contributed by atoms with Crippen LogP contribution in [0.5, 0.6) is 11.6 Å². The van der Waals surface area contributed by atoms with Crippen molar-refractivity contribution < 1.29 is 19.3 Å². The number of aryl methyl sites for hydroxylation is 1. The van der Waals surface area contributed by atoms with E-state index in [-0.39, 0.29) is 6.61 Å². The number of likely N-dealkylation sites (N-methyl/N-ethyl adjacent to an activating group) is 1. The number of aliphatic hydroxyl groups excluding tert-OH is 1. The first kappa shape index (κ1) is 23.6. The molecule has 2 aromatic heterocycles. The van der Waals surface area contributed by atoms with E-state index < -0.39 is 6.10 Å². The van der Waals surface area contributed by atoms with Crippen LogP contribution < -0.4 is 14.8 Å². The Morgan fingerprint density at radius 2 is 1.94 bits per heavy atom. The number of aromatic nitrogens is 3. The summed E-state index contributed by atoms with van der Waals surface area (Å²) >= 11 is 0. The molecule has 0 spiro atoms. The Kier molecular flexibility index (Phi) is 8.91. The number of rotatable bonds is 12. The SMILES string of the molecule is CNCC(O)COc1cccc(-c2nc(CCCOC)cc(-c3ccnc(OC)c3)n2)c1. The maximum atomic E-state index is 9.90. The zero-order valence-electron chi connectivity index (χ0n) is 18.7. The van der Waals surface area contributed by atoms with E-state index in [1.807, 2.05) is 42.5 Å². The minimum absolute atomic E-state index is 0.199. The van der Waals surface area contributed by atoms with Crippen molar-refractivity contribution in [1.29, 1.82) is 0 Å². The Morgan fingerprint density at radius 3 is 2.72 bits per heavy atom. The van der Waals surface area contributed by atoms with E-state index in [1.54, 1.807) is 27.5 Å². The van der Waals surface area contributed by atoms with Gasteiger partial charge in [0.1, 0.15) is 18.5 Å². The third-order valence-corrected chi connectivity index (χ3v) is 4.77. The van der Waals surface area contributed by atoms with Crippen LogP contribution in [0.3, 0.4) is 0 Å². The molecule has 3 rings (SSSR count). The van der Waals surface area contributed by atoms with Crippen LogP contribution in [0, 0.1) is 0 Å². The Morgan fingerprint density at radius 1 is 1.06 bits per heavy atom. The maximum absolute atomic E-state index is 9.90. The Bertz CT molecular complexity index is 999. The number of nitrogens with one attached hydrogen (secondary N) is 1. The van der Waals surface area contributed by atoms with Gasteiger partial charge in [-0.05, 0) is 44.2 Å². The normalized spacial score (nSPS) is 11.9. The zero-order chi connectivity index (χ0) is 22.8. The van der Waals surface area contributed by atoms with Crippen LogP contribution in [-0.2, 0) is 11.2 Å². The number of nitrogens with zero attached hydrogens (tertiary/aromatic N) is 3. The number of benzene rings is 1. The minimum atomic E-state index is -0.586. The summed E-state index contributed by atoms with van der Waals surface area (Å²) in [4.78, 5) is 13.8. The van der Waals surface area contributed by atoms with Crippen molar-refractivity contribution in [1.82, 2.24) is 20.3 Å². The van der Waals surface area contributed by atoms with Gasteiger partial charge in [-0.25, -0.2) is 15.0 Å². The van der Waals surface area contributed by atoms with Crippen molar-refractivity contribution in [3.05, 3.63) is 54.4 Å². The number of pyridine rings is 1. The molecule has 1 unspecified atom stereocenters. The molecule has 1 atom stereocenters. The van der Waals surface area contributed by atoms with Gasteiger partial charge in [-0.1, -0.05) is 12.1 Å². The lowest BCUT2D eigenvalue weighted by Gasteiger charge is -2.13. The van der Waals surface area contributed by atoms with Gasteiger partial charge in [0, 0.05) is 49.3 Å². The van der Waals surface area contributed by atoms with Gasteiger partial charge in [-0.15, -0.1) is 0 Å². The van der Waals surface area contributed by atoms with Crippen molar-refractivity contribution in [3.8, 4) is 34.3 Å². The topological polar surface area (TPSA) is 98.6 Å².